The molecule has 1 N–H and O–H groups in total. The minimum atomic E-state index is 0.122. The van der Waals surface area contributed by atoms with E-state index in [1.165, 1.54) is 25.7 Å². The van der Waals surface area contributed by atoms with Crippen LogP contribution in [-0.2, 0) is 4.74 Å². The smallest absolute Gasteiger partial charge is 0.134 e. The zero-order valence-corrected chi connectivity index (χ0v) is 13.0. The Morgan fingerprint density at radius 3 is 2.71 bits per heavy atom. The van der Waals surface area contributed by atoms with Crippen molar-refractivity contribution < 1.29 is 9.15 Å². The van der Waals surface area contributed by atoms with Crippen LogP contribution in [0.3, 0.4) is 0 Å². The number of nitrogens with one attached hydrogen (secondary N) is 1. The molecule has 3 nitrogen and oxygen atoms in total. The number of benzene rings is 1. The predicted molar refractivity (Wildman–Crippen MR) is 85.4 cm³/mol. The Balaban J connectivity index is 1.62. The standard InChI is InChI=1S/C18H25NO2/c1-13-7-9-15(10-8-13)20-12-16(19-2)18-11-14-5-3-4-6-17(14)21-18/h3-6,11,13,15-16,19H,7-10,12H2,1-2H3. The topological polar surface area (TPSA) is 34.4 Å². The van der Waals surface area contributed by atoms with Crippen LogP contribution in [0.2, 0.25) is 0 Å². The molecule has 0 bridgehead atoms. The molecular formula is C18H25NO2. The Morgan fingerprint density at radius 1 is 1.24 bits per heavy atom. The highest BCUT2D eigenvalue weighted by Crippen LogP contribution is 2.28. The Labute approximate surface area is 126 Å². The van der Waals surface area contributed by atoms with Gasteiger partial charge in [-0.05, 0) is 50.8 Å². The van der Waals surface area contributed by atoms with Gasteiger partial charge >= 0.3 is 0 Å². The van der Waals surface area contributed by atoms with E-state index < -0.39 is 0 Å². The number of rotatable bonds is 5. The van der Waals surface area contributed by atoms with Crippen LogP contribution in [0, 0.1) is 5.92 Å². The van der Waals surface area contributed by atoms with E-state index in [0.717, 1.165) is 22.6 Å². The van der Waals surface area contributed by atoms with Gasteiger partial charge < -0.3 is 14.5 Å². The maximum absolute atomic E-state index is 6.11. The summed E-state index contributed by atoms with van der Waals surface area (Å²) < 4.78 is 12.0. The molecule has 0 radical (unpaired) electrons. The van der Waals surface area contributed by atoms with Crippen LogP contribution in [0.5, 0.6) is 0 Å². The molecular weight excluding hydrogens is 262 g/mol. The third-order valence-electron chi connectivity index (χ3n) is 4.60. The molecule has 21 heavy (non-hydrogen) atoms. The van der Waals surface area contributed by atoms with E-state index in [9.17, 15) is 0 Å². The number of hydrogen-bond donors (Lipinski definition) is 1. The molecule has 2 aromatic rings. The summed E-state index contributed by atoms with van der Waals surface area (Å²) in [6.45, 7) is 3.01. The molecule has 114 valence electrons. The van der Waals surface area contributed by atoms with Crippen LogP contribution < -0.4 is 5.32 Å². The average molecular weight is 287 g/mol. The van der Waals surface area contributed by atoms with Crippen LogP contribution in [-0.4, -0.2) is 19.8 Å². The van der Waals surface area contributed by atoms with Gasteiger partial charge in [-0.1, -0.05) is 25.1 Å². The van der Waals surface area contributed by atoms with Crippen molar-refractivity contribution in [2.45, 2.75) is 44.8 Å². The maximum atomic E-state index is 6.11. The molecule has 1 saturated carbocycles. The second-order valence-corrected chi connectivity index (χ2v) is 6.24. The van der Waals surface area contributed by atoms with E-state index in [0.29, 0.717) is 12.7 Å². The summed E-state index contributed by atoms with van der Waals surface area (Å²) in [7, 11) is 1.96. The highest BCUT2D eigenvalue weighted by molar-refractivity contribution is 5.77. The summed E-state index contributed by atoms with van der Waals surface area (Å²) in [5.74, 6) is 1.82. The molecule has 1 atom stereocenters. The first-order valence-corrected chi connectivity index (χ1v) is 8.03. The van der Waals surface area contributed by atoms with Crippen LogP contribution >= 0.6 is 0 Å². The number of fused-ring (bicyclic) bond motifs is 1. The molecule has 1 aliphatic carbocycles. The number of hydrogen-bond acceptors (Lipinski definition) is 3. The summed E-state index contributed by atoms with van der Waals surface area (Å²) in [5.41, 5.74) is 0.944. The molecule has 0 spiro atoms. The van der Waals surface area contributed by atoms with Crippen LogP contribution in [0.15, 0.2) is 34.7 Å². The van der Waals surface area contributed by atoms with Crippen molar-refractivity contribution in [2.24, 2.45) is 5.92 Å². The summed E-state index contributed by atoms with van der Waals surface area (Å²) in [6.07, 6.45) is 5.38. The van der Waals surface area contributed by atoms with Gasteiger partial charge in [-0.2, -0.15) is 0 Å². The first-order valence-electron chi connectivity index (χ1n) is 8.03. The van der Waals surface area contributed by atoms with E-state index >= 15 is 0 Å². The number of para-hydroxylation sites is 1. The van der Waals surface area contributed by atoms with Gasteiger partial charge in [0.05, 0.1) is 18.8 Å². The zero-order chi connectivity index (χ0) is 14.7. The highest BCUT2D eigenvalue weighted by Gasteiger charge is 2.21. The molecule has 3 heteroatoms. The molecule has 1 unspecified atom stereocenters. The minimum absolute atomic E-state index is 0.122. The lowest BCUT2D eigenvalue weighted by Gasteiger charge is -2.27. The largest absolute Gasteiger partial charge is 0.459 e. The molecule has 1 aromatic heterocycles. The first-order chi connectivity index (χ1) is 10.3. The van der Waals surface area contributed by atoms with E-state index in [2.05, 4.69) is 24.4 Å². The van der Waals surface area contributed by atoms with Crippen molar-refractivity contribution in [1.82, 2.24) is 5.32 Å². The van der Waals surface area contributed by atoms with E-state index in [1.807, 2.05) is 25.2 Å². The van der Waals surface area contributed by atoms with Gasteiger partial charge in [-0.3, -0.25) is 0 Å². The number of furan rings is 1. The maximum Gasteiger partial charge on any atom is 0.134 e. The number of ether oxygens (including phenoxy) is 1. The quantitative estimate of drug-likeness (QED) is 0.891. The van der Waals surface area contributed by atoms with Crippen molar-refractivity contribution in [1.29, 1.82) is 0 Å². The summed E-state index contributed by atoms with van der Waals surface area (Å²) in [4.78, 5) is 0. The summed E-state index contributed by atoms with van der Waals surface area (Å²) >= 11 is 0. The van der Waals surface area contributed by atoms with Crippen LogP contribution in [0.4, 0.5) is 0 Å². The van der Waals surface area contributed by atoms with Crippen molar-refractivity contribution in [2.75, 3.05) is 13.7 Å². The van der Waals surface area contributed by atoms with Crippen molar-refractivity contribution >= 4 is 11.0 Å². The Hall–Kier alpha value is -1.32. The molecule has 0 aliphatic heterocycles. The second kappa shape index (κ2) is 6.63. The van der Waals surface area contributed by atoms with Gasteiger partial charge in [0.15, 0.2) is 0 Å². The van der Waals surface area contributed by atoms with Crippen molar-refractivity contribution in [3.63, 3.8) is 0 Å². The molecule has 1 heterocycles. The fraction of sp³-hybridized carbons (Fsp3) is 0.556. The summed E-state index contributed by atoms with van der Waals surface area (Å²) in [6, 6.07) is 10.4. The normalized spacial score (nSPS) is 24.3. The first kappa shape index (κ1) is 14.6. The molecule has 1 aliphatic rings. The lowest BCUT2D eigenvalue weighted by Crippen LogP contribution is -2.27. The average Bonchev–Trinajstić information content (AvgIpc) is 2.93. The van der Waals surface area contributed by atoms with Crippen LogP contribution in [0.1, 0.15) is 44.4 Å². The van der Waals surface area contributed by atoms with E-state index in [1.54, 1.807) is 0 Å². The highest BCUT2D eigenvalue weighted by atomic mass is 16.5. The van der Waals surface area contributed by atoms with Crippen LogP contribution in [0.25, 0.3) is 11.0 Å². The molecule has 1 aromatic carbocycles. The van der Waals surface area contributed by atoms with Gasteiger partial charge in [0.25, 0.3) is 0 Å². The Morgan fingerprint density at radius 2 is 2.00 bits per heavy atom. The molecule has 0 amide bonds. The molecule has 1 fully saturated rings. The van der Waals surface area contributed by atoms with E-state index in [4.69, 9.17) is 9.15 Å². The van der Waals surface area contributed by atoms with E-state index in [-0.39, 0.29) is 6.04 Å². The fourth-order valence-corrected chi connectivity index (χ4v) is 3.11. The minimum Gasteiger partial charge on any atom is -0.459 e. The van der Waals surface area contributed by atoms with Gasteiger partial charge in [-0.15, -0.1) is 0 Å². The zero-order valence-electron chi connectivity index (χ0n) is 13.0. The monoisotopic (exact) mass is 287 g/mol. The van der Waals surface area contributed by atoms with Gasteiger partial charge in [0.1, 0.15) is 11.3 Å². The van der Waals surface area contributed by atoms with Gasteiger partial charge in [0.2, 0.25) is 0 Å². The van der Waals surface area contributed by atoms with Crippen molar-refractivity contribution in [3.8, 4) is 0 Å². The Bertz CT molecular complexity index is 536. The number of likely N-dealkylation sites (N-methyl/N-ethyl adjacent to an activating group) is 1. The lowest BCUT2D eigenvalue weighted by molar-refractivity contribution is 0.00645. The SMILES string of the molecule is CNC(COC1CCC(C)CC1)c1cc2ccccc2o1. The third-order valence-corrected chi connectivity index (χ3v) is 4.60. The summed E-state index contributed by atoms with van der Waals surface area (Å²) in [5, 5.41) is 4.46. The lowest BCUT2D eigenvalue weighted by atomic mass is 9.89. The predicted octanol–water partition coefficient (Wildman–Crippen LogP) is 4.29. The second-order valence-electron chi connectivity index (χ2n) is 6.24. The Kier molecular flexibility index (Phi) is 4.61. The van der Waals surface area contributed by atoms with Crippen molar-refractivity contribution in [3.05, 3.63) is 36.1 Å². The third kappa shape index (κ3) is 3.47. The van der Waals surface area contributed by atoms with Gasteiger partial charge in [-0.25, -0.2) is 0 Å². The van der Waals surface area contributed by atoms with Gasteiger partial charge in [0, 0.05) is 5.39 Å². The molecule has 3 rings (SSSR count). The molecule has 0 saturated heterocycles. The fourth-order valence-electron chi connectivity index (χ4n) is 3.11.